The first kappa shape index (κ1) is 16.4. The number of fused-ring (bicyclic) bond motifs is 1. The number of benzene rings is 1. The zero-order valence-corrected chi connectivity index (χ0v) is 14.8. The SMILES string of the molecule is Fc1ccc(CN=C2NC(Cl)C(Cc3c[nH]c4ncccc34)S2)cc1. The molecular weight excluding hydrogens is 359 g/mol. The van der Waals surface area contributed by atoms with Crippen LogP contribution in [0.4, 0.5) is 4.39 Å². The molecule has 0 radical (unpaired) electrons. The largest absolute Gasteiger partial charge is 0.348 e. The van der Waals surface area contributed by atoms with Crippen LogP contribution < -0.4 is 5.32 Å². The first-order valence-corrected chi connectivity index (χ1v) is 9.28. The maximum absolute atomic E-state index is 12.9. The fourth-order valence-electron chi connectivity index (χ4n) is 2.83. The Balaban J connectivity index is 1.44. The maximum atomic E-state index is 12.9. The van der Waals surface area contributed by atoms with Crippen molar-refractivity contribution < 1.29 is 4.39 Å². The van der Waals surface area contributed by atoms with E-state index in [0.717, 1.165) is 28.2 Å². The fraction of sp³-hybridized carbons (Fsp3) is 0.222. The van der Waals surface area contributed by atoms with Gasteiger partial charge in [-0.2, -0.15) is 0 Å². The molecule has 1 aromatic carbocycles. The number of aromatic nitrogens is 2. The number of H-pyrrole nitrogens is 1. The van der Waals surface area contributed by atoms with Crippen molar-refractivity contribution in [2.75, 3.05) is 0 Å². The summed E-state index contributed by atoms with van der Waals surface area (Å²) in [6.07, 6.45) is 4.60. The number of hydrogen-bond acceptors (Lipinski definition) is 3. The molecule has 2 aromatic heterocycles. The lowest BCUT2D eigenvalue weighted by Gasteiger charge is -2.10. The first-order valence-electron chi connectivity index (χ1n) is 7.96. The van der Waals surface area contributed by atoms with Crippen LogP contribution in [-0.2, 0) is 13.0 Å². The Morgan fingerprint density at radius 1 is 1.24 bits per heavy atom. The highest BCUT2D eigenvalue weighted by atomic mass is 35.5. The average Bonchev–Trinajstić information content (AvgIpc) is 3.19. The Morgan fingerprint density at radius 3 is 2.92 bits per heavy atom. The van der Waals surface area contributed by atoms with Crippen molar-refractivity contribution >= 4 is 39.6 Å². The molecule has 2 N–H and O–H groups in total. The number of alkyl halides is 1. The second-order valence-corrected chi connectivity index (χ2v) is 7.57. The summed E-state index contributed by atoms with van der Waals surface area (Å²) in [7, 11) is 0. The number of hydrogen-bond donors (Lipinski definition) is 2. The van der Waals surface area contributed by atoms with Crippen LogP contribution in [0.3, 0.4) is 0 Å². The number of thioether (sulfide) groups is 1. The minimum atomic E-state index is -0.237. The lowest BCUT2D eigenvalue weighted by Crippen LogP contribution is -2.26. The second-order valence-electron chi connectivity index (χ2n) is 5.87. The highest BCUT2D eigenvalue weighted by Gasteiger charge is 2.31. The number of pyridine rings is 1. The van der Waals surface area contributed by atoms with Crippen molar-refractivity contribution in [2.24, 2.45) is 4.99 Å². The van der Waals surface area contributed by atoms with Crippen molar-refractivity contribution in [1.82, 2.24) is 15.3 Å². The normalized spacial score (nSPS) is 21.8. The first-order chi connectivity index (χ1) is 12.2. The third-order valence-corrected chi connectivity index (χ3v) is 5.90. The number of rotatable bonds is 4. The molecule has 0 aliphatic carbocycles. The van der Waals surface area contributed by atoms with E-state index >= 15 is 0 Å². The molecule has 2 unspecified atom stereocenters. The van der Waals surface area contributed by atoms with Gasteiger partial charge in [-0.3, -0.25) is 4.99 Å². The third-order valence-electron chi connectivity index (χ3n) is 4.13. The molecule has 3 heterocycles. The van der Waals surface area contributed by atoms with Crippen molar-refractivity contribution in [3.05, 3.63) is 65.7 Å². The van der Waals surface area contributed by atoms with Crippen molar-refractivity contribution in [1.29, 1.82) is 0 Å². The lowest BCUT2D eigenvalue weighted by atomic mass is 10.1. The van der Waals surface area contributed by atoms with E-state index in [-0.39, 0.29) is 16.6 Å². The Labute approximate surface area is 153 Å². The molecule has 128 valence electrons. The topological polar surface area (TPSA) is 53.1 Å². The highest BCUT2D eigenvalue weighted by Crippen LogP contribution is 2.31. The molecule has 25 heavy (non-hydrogen) atoms. The Bertz CT molecular complexity index is 909. The van der Waals surface area contributed by atoms with Gasteiger partial charge >= 0.3 is 0 Å². The van der Waals surface area contributed by atoms with Gasteiger partial charge in [0.1, 0.15) is 17.0 Å². The predicted molar refractivity (Wildman–Crippen MR) is 101 cm³/mol. The zero-order chi connectivity index (χ0) is 17.2. The van der Waals surface area contributed by atoms with Crippen LogP contribution in [0, 0.1) is 5.82 Å². The van der Waals surface area contributed by atoms with Gasteiger partial charge in [-0.25, -0.2) is 9.37 Å². The fourth-order valence-corrected chi connectivity index (χ4v) is 4.31. The molecule has 0 amide bonds. The molecule has 1 saturated heterocycles. The molecule has 1 aliphatic rings. The van der Waals surface area contributed by atoms with Crippen LogP contribution in [0.15, 0.2) is 53.8 Å². The lowest BCUT2D eigenvalue weighted by molar-refractivity contribution is 0.627. The third kappa shape index (κ3) is 3.65. The van der Waals surface area contributed by atoms with Crippen LogP contribution in [0.5, 0.6) is 0 Å². The van der Waals surface area contributed by atoms with Crippen molar-refractivity contribution in [3.8, 4) is 0 Å². The van der Waals surface area contributed by atoms with E-state index in [2.05, 4.69) is 26.3 Å². The van der Waals surface area contributed by atoms with Crippen LogP contribution in [0.2, 0.25) is 0 Å². The standard InChI is InChI=1S/C18H16ClFN4S/c19-16-15(8-12-10-22-17-14(12)2-1-7-21-17)25-18(24-16)23-9-11-3-5-13(20)6-4-11/h1-7,10,15-16H,8-9H2,(H,21,22)(H,23,24). The van der Waals surface area contributed by atoms with Gasteiger partial charge in [-0.15, -0.1) is 0 Å². The minimum absolute atomic E-state index is 0.182. The molecular formula is C18H16ClFN4S. The highest BCUT2D eigenvalue weighted by molar-refractivity contribution is 8.14. The van der Waals surface area contributed by atoms with E-state index < -0.39 is 0 Å². The van der Waals surface area contributed by atoms with Gasteiger partial charge in [-0.05, 0) is 41.8 Å². The van der Waals surface area contributed by atoms with Crippen LogP contribution in [0.25, 0.3) is 11.0 Å². The van der Waals surface area contributed by atoms with Crippen LogP contribution in [0.1, 0.15) is 11.1 Å². The summed E-state index contributed by atoms with van der Waals surface area (Å²) in [5.41, 5.74) is 2.88. The minimum Gasteiger partial charge on any atom is -0.348 e. The van der Waals surface area contributed by atoms with E-state index in [0.29, 0.717) is 6.54 Å². The number of aliphatic imine (C=N–C) groups is 1. The number of halogens is 2. The predicted octanol–water partition coefficient (Wildman–Crippen LogP) is 4.07. The van der Waals surface area contributed by atoms with Crippen molar-refractivity contribution in [2.45, 2.75) is 23.7 Å². The summed E-state index contributed by atoms with van der Waals surface area (Å²) in [4.78, 5) is 12.1. The van der Waals surface area contributed by atoms with Gasteiger partial charge in [0.25, 0.3) is 0 Å². The van der Waals surface area contributed by atoms with Gasteiger partial charge in [-0.1, -0.05) is 35.5 Å². The summed E-state index contributed by atoms with van der Waals surface area (Å²) in [5, 5.41) is 5.37. The Kier molecular flexibility index (Phi) is 4.63. The van der Waals surface area contributed by atoms with E-state index in [1.165, 1.54) is 17.7 Å². The number of nitrogens with one attached hydrogen (secondary N) is 2. The Hall–Kier alpha value is -2.05. The number of nitrogens with zero attached hydrogens (tertiary/aromatic N) is 2. The van der Waals surface area contributed by atoms with E-state index in [1.54, 1.807) is 30.1 Å². The van der Waals surface area contributed by atoms with Crippen LogP contribution >= 0.6 is 23.4 Å². The van der Waals surface area contributed by atoms with E-state index in [9.17, 15) is 4.39 Å². The molecule has 3 aromatic rings. The average molecular weight is 375 g/mol. The Morgan fingerprint density at radius 2 is 2.08 bits per heavy atom. The molecule has 1 fully saturated rings. The van der Waals surface area contributed by atoms with Gasteiger partial charge in [0.05, 0.1) is 11.8 Å². The molecule has 1 aliphatic heterocycles. The molecule has 0 spiro atoms. The van der Waals surface area contributed by atoms with E-state index in [1.807, 2.05) is 12.3 Å². The molecule has 4 nitrogen and oxygen atoms in total. The van der Waals surface area contributed by atoms with E-state index in [4.69, 9.17) is 11.6 Å². The summed E-state index contributed by atoms with van der Waals surface area (Å²) in [5.74, 6) is -0.237. The molecule has 2 atom stereocenters. The smallest absolute Gasteiger partial charge is 0.158 e. The van der Waals surface area contributed by atoms with Gasteiger partial charge in [0.15, 0.2) is 5.17 Å². The monoisotopic (exact) mass is 374 g/mol. The maximum Gasteiger partial charge on any atom is 0.158 e. The zero-order valence-electron chi connectivity index (χ0n) is 13.2. The molecule has 0 bridgehead atoms. The van der Waals surface area contributed by atoms with Gasteiger partial charge in [0.2, 0.25) is 0 Å². The molecule has 4 rings (SSSR count). The second kappa shape index (κ2) is 7.06. The quantitative estimate of drug-likeness (QED) is 0.534. The van der Waals surface area contributed by atoms with Gasteiger partial charge < -0.3 is 10.3 Å². The summed E-state index contributed by atoms with van der Waals surface area (Å²) < 4.78 is 12.9. The summed E-state index contributed by atoms with van der Waals surface area (Å²) in [6, 6.07) is 10.4. The molecule has 7 heteroatoms. The number of aromatic amines is 1. The van der Waals surface area contributed by atoms with Crippen LogP contribution in [-0.4, -0.2) is 25.9 Å². The van der Waals surface area contributed by atoms with Gasteiger partial charge in [0, 0.05) is 17.8 Å². The van der Waals surface area contributed by atoms with Crippen molar-refractivity contribution in [3.63, 3.8) is 0 Å². The number of amidine groups is 1. The molecule has 0 saturated carbocycles. The summed E-state index contributed by atoms with van der Waals surface area (Å²) in [6.45, 7) is 0.503. The summed E-state index contributed by atoms with van der Waals surface area (Å²) >= 11 is 8.10.